The lowest BCUT2D eigenvalue weighted by Gasteiger charge is -2.51. The molecule has 58 heavy (non-hydrogen) atoms. The van der Waals surface area contributed by atoms with Gasteiger partial charge in [-0.1, -0.05) is 18.1 Å². The van der Waals surface area contributed by atoms with Crippen molar-refractivity contribution in [3.05, 3.63) is 69.6 Å². The van der Waals surface area contributed by atoms with E-state index in [-0.39, 0.29) is 60.2 Å². The number of carbonyl (C=O) groups is 3. The third-order valence-corrected chi connectivity index (χ3v) is 13.3. The predicted molar refractivity (Wildman–Crippen MR) is 213 cm³/mol. The number of Topliss-reactive ketones (excluding diaryl/α,β-unsaturated/α-hetero) is 1. The number of rotatable bonds is 12. The van der Waals surface area contributed by atoms with Crippen LogP contribution in [0.2, 0.25) is 0 Å². The number of allylic oxidation sites excluding steroid dienone is 3. The monoisotopic (exact) mass is 798 g/mol. The standard InChI is InChI=1S/C45H54N2O11/c1-4-56-44(52)43-32(23-49)37(28-18-29(22-48)39(51)30(19-28)25-8-9-35-26(17-25)10-13-46-35)38-41(55-3)31-20-36(57-40(31)33(24-50)42(38)58-43)45(53)12-5-7-27-21-47(14-6-16-54-2)15-11-34(27)45/h8-10,13,17,23,27,29-30,34,36,46,48,50,53H,4-7,11-12,14-16,18-22,24H2,1-3H3/b37-28-/t27-,29+,30+,34-,36-,45+/m0/s1. The van der Waals surface area contributed by atoms with Crippen molar-refractivity contribution in [1.82, 2.24) is 9.88 Å². The van der Waals surface area contributed by atoms with E-state index in [4.69, 9.17) is 23.7 Å². The van der Waals surface area contributed by atoms with Gasteiger partial charge in [0, 0.05) is 67.9 Å². The number of carbonyl (C=O) groups excluding carboxylic acids is 3. The number of H-pyrrole nitrogens is 1. The molecular weight excluding hydrogens is 744 g/mol. The van der Waals surface area contributed by atoms with Crippen LogP contribution in [-0.2, 0) is 36.9 Å². The van der Waals surface area contributed by atoms with Crippen molar-refractivity contribution in [2.24, 2.45) is 17.8 Å². The maximum absolute atomic E-state index is 14.0. The molecule has 0 bridgehead atoms. The van der Waals surface area contributed by atoms with Crippen molar-refractivity contribution in [3.8, 4) is 17.2 Å². The molecule has 1 saturated heterocycles. The Balaban J connectivity index is 1.24. The first-order valence-corrected chi connectivity index (χ1v) is 20.6. The Morgan fingerprint density at radius 3 is 2.71 bits per heavy atom. The predicted octanol–water partition coefficient (Wildman–Crippen LogP) is 4.78. The molecule has 0 unspecified atom stereocenters. The SMILES string of the molecule is CCOC(=O)C1=C(C=O)/C(=C2\C[C@H](CO)C(=O)[C@@H](c3ccc4[nH]ccc4c3)C2)c2c(OC)c3c(c(CO)c2O1)O[C@H]([C@@]1(O)CCC[C@H]2CN(CCCOC)CC[C@@H]21)C3. The van der Waals surface area contributed by atoms with Crippen LogP contribution in [-0.4, -0.2) is 109 Å². The zero-order chi connectivity index (χ0) is 40.7. The van der Waals surface area contributed by atoms with Gasteiger partial charge in [-0.3, -0.25) is 9.59 Å². The highest BCUT2D eigenvalue weighted by Gasteiger charge is 2.55. The van der Waals surface area contributed by atoms with Gasteiger partial charge in [0.1, 0.15) is 34.7 Å². The summed E-state index contributed by atoms with van der Waals surface area (Å²) < 4.78 is 30.0. The van der Waals surface area contributed by atoms with Gasteiger partial charge in [0.05, 0.1) is 43.6 Å². The zero-order valence-electron chi connectivity index (χ0n) is 33.5. The molecule has 2 aliphatic carbocycles. The van der Waals surface area contributed by atoms with Crippen LogP contribution in [0.4, 0.5) is 0 Å². The summed E-state index contributed by atoms with van der Waals surface area (Å²) in [6, 6.07) is 7.69. The number of likely N-dealkylation sites (tertiary alicyclic amines) is 1. The minimum absolute atomic E-state index is 0.00252. The van der Waals surface area contributed by atoms with Crippen LogP contribution in [0.5, 0.6) is 17.2 Å². The first-order chi connectivity index (χ1) is 28.2. The summed E-state index contributed by atoms with van der Waals surface area (Å²) in [5.41, 5.74) is 2.66. The van der Waals surface area contributed by atoms with Gasteiger partial charge in [-0.25, -0.2) is 4.79 Å². The second-order valence-corrected chi connectivity index (χ2v) is 16.4. The van der Waals surface area contributed by atoms with Gasteiger partial charge >= 0.3 is 5.97 Å². The molecule has 3 fully saturated rings. The Morgan fingerprint density at radius 1 is 1.12 bits per heavy atom. The maximum atomic E-state index is 14.0. The minimum Gasteiger partial charge on any atom is -0.496 e. The van der Waals surface area contributed by atoms with E-state index in [0.29, 0.717) is 59.0 Å². The lowest BCUT2D eigenvalue weighted by atomic mass is 9.63. The number of aliphatic hydroxyl groups excluding tert-OH is 2. The number of hydrogen-bond acceptors (Lipinski definition) is 12. The third kappa shape index (κ3) is 6.84. The number of nitrogens with zero attached hydrogens (tertiary/aromatic N) is 1. The van der Waals surface area contributed by atoms with Crippen LogP contribution in [0.25, 0.3) is 16.5 Å². The summed E-state index contributed by atoms with van der Waals surface area (Å²) >= 11 is 0. The van der Waals surface area contributed by atoms with E-state index in [2.05, 4.69) is 9.88 Å². The fraction of sp³-hybridized carbons (Fsp3) is 0.533. The topological polar surface area (TPSA) is 177 Å². The molecule has 2 saturated carbocycles. The van der Waals surface area contributed by atoms with Crippen LogP contribution in [0.3, 0.4) is 0 Å². The molecule has 8 rings (SSSR count). The number of benzene rings is 2. The van der Waals surface area contributed by atoms with Crippen LogP contribution >= 0.6 is 0 Å². The highest BCUT2D eigenvalue weighted by molar-refractivity contribution is 6.11. The number of aromatic amines is 1. The van der Waals surface area contributed by atoms with Gasteiger partial charge in [-0.15, -0.1) is 0 Å². The largest absolute Gasteiger partial charge is 0.496 e. The van der Waals surface area contributed by atoms with Crippen LogP contribution in [0, 0.1) is 17.8 Å². The van der Waals surface area contributed by atoms with E-state index in [9.17, 15) is 29.7 Å². The number of ketones is 1. The van der Waals surface area contributed by atoms with Crippen molar-refractivity contribution in [3.63, 3.8) is 0 Å². The van der Waals surface area contributed by atoms with Crippen LogP contribution < -0.4 is 14.2 Å². The van der Waals surface area contributed by atoms with Crippen LogP contribution in [0.15, 0.2) is 47.4 Å². The van der Waals surface area contributed by atoms with Crippen molar-refractivity contribution in [2.45, 2.75) is 82.5 Å². The van der Waals surface area contributed by atoms with Crippen molar-refractivity contribution >= 4 is 34.5 Å². The Hall–Kier alpha value is -4.53. The minimum atomic E-state index is -1.16. The number of fused-ring (bicyclic) bond motifs is 4. The quantitative estimate of drug-likeness (QED) is 0.112. The maximum Gasteiger partial charge on any atom is 0.375 e. The fourth-order valence-electron chi connectivity index (χ4n) is 10.7. The molecule has 13 nitrogen and oxygen atoms in total. The molecule has 310 valence electrons. The molecule has 4 N–H and O–H groups in total. The number of methoxy groups -OCH3 is 2. The third-order valence-electron chi connectivity index (χ3n) is 13.3. The molecule has 6 atom stereocenters. The lowest BCUT2D eigenvalue weighted by Crippen LogP contribution is -2.59. The highest BCUT2D eigenvalue weighted by atomic mass is 16.6. The van der Waals surface area contributed by atoms with Gasteiger partial charge in [-0.05, 0) is 93.0 Å². The van der Waals surface area contributed by atoms with E-state index in [1.807, 2.05) is 30.5 Å². The molecule has 0 spiro atoms. The molecule has 0 radical (unpaired) electrons. The van der Waals surface area contributed by atoms with Gasteiger partial charge in [0.25, 0.3) is 0 Å². The van der Waals surface area contributed by atoms with Gasteiger partial charge in [0.15, 0.2) is 6.29 Å². The molecule has 3 aliphatic heterocycles. The highest BCUT2D eigenvalue weighted by Crippen LogP contribution is 2.58. The van der Waals surface area contributed by atoms with E-state index in [0.717, 1.165) is 61.8 Å². The van der Waals surface area contributed by atoms with Crippen molar-refractivity contribution in [1.29, 1.82) is 0 Å². The summed E-state index contributed by atoms with van der Waals surface area (Å²) in [6.07, 6.45) is 6.51. The summed E-state index contributed by atoms with van der Waals surface area (Å²) in [6.45, 7) is 4.11. The number of nitrogens with one attached hydrogen (secondary N) is 1. The fourth-order valence-corrected chi connectivity index (χ4v) is 10.7. The number of aldehydes is 1. The smallest absolute Gasteiger partial charge is 0.375 e. The summed E-state index contributed by atoms with van der Waals surface area (Å²) in [4.78, 5) is 46.6. The molecule has 2 aromatic carbocycles. The number of ether oxygens (including phenoxy) is 5. The molecular formula is C45H54N2O11. The second-order valence-electron chi connectivity index (χ2n) is 16.4. The average molecular weight is 799 g/mol. The molecule has 0 amide bonds. The van der Waals surface area contributed by atoms with E-state index in [1.165, 1.54) is 7.11 Å². The molecule has 1 aromatic heterocycles. The average Bonchev–Trinajstić information content (AvgIpc) is 3.90. The second kappa shape index (κ2) is 16.6. The van der Waals surface area contributed by atoms with Crippen LogP contribution in [0.1, 0.15) is 80.0 Å². The first-order valence-electron chi connectivity index (χ1n) is 20.6. The zero-order valence-corrected chi connectivity index (χ0v) is 33.5. The Labute approximate surface area is 337 Å². The normalized spacial score (nSPS) is 28.4. The molecule has 4 heterocycles. The van der Waals surface area contributed by atoms with Crippen molar-refractivity contribution < 1.29 is 53.4 Å². The molecule has 13 heteroatoms. The Bertz CT molecular complexity index is 2150. The molecule has 5 aliphatic rings. The first kappa shape index (κ1) is 40.3. The summed E-state index contributed by atoms with van der Waals surface area (Å²) in [7, 11) is 3.23. The van der Waals surface area contributed by atoms with E-state index < -0.39 is 42.7 Å². The number of hydrogen-bond donors (Lipinski definition) is 4. The summed E-state index contributed by atoms with van der Waals surface area (Å²) in [5, 5.41) is 35.4. The number of esters is 1. The Morgan fingerprint density at radius 2 is 1.97 bits per heavy atom. The molecule has 3 aromatic rings. The van der Waals surface area contributed by atoms with E-state index in [1.54, 1.807) is 14.0 Å². The number of piperidine rings is 1. The lowest BCUT2D eigenvalue weighted by molar-refractivity contribution is -0.151. The number of aliphatic hydroxyl groups is 3. The van der Waals surface area contributed by atoms with E-state index >= 15 is 0 Å². The van der Waals surface area contributed by atoms with Gasteiger partial charge in [0.2, 0.25) is 5.76 Å². The van der Waals surface area contributed by atoms with Gasteiger partial charge in [-0.2, -0.15) is 0 Å². The number of aromatic nitrogens is 1. The summed E-state index contributed by atoms with van der Waals surface area (Å²) in [5.74, 6) is -1.77. The Kier molecular flexibility index (Phi) is 11.5. The van der Waals surface area contributed by atoms with Crippen molar-refractivity contribution in [2.75, 3.05) is 53.7 Å². The van der Waals surface area contributed by atoms with Gasteiger partial charge < -0.3 is 48.9 Å².